The van der Waals surface area contributed by atoms with Crippen LogP contribution in [0.2, 0.25) is 0 Å². The van der Waals surface area contributed by atoms with Gasteiger partial charge in [-0.15, -0.1) is 0 Å². The second-order valence-corrected chi connectivity index (χ2v) is 7.77. The van der Waals surface area contributed by atoms with Gasteiger partial charge in [-0.25, -0.2) is 0 Å². The monoisotopic (exact) mass is 302 g/mol. The normalized spacial score (nSPS) is 43.2. The lowest BCUT2D eigenvalue weighted by Crippen LogP contribution is -2.44. The Bertz CT molecular complexity index is 584. The van der Waals surface area contributed by atoms with Crippen molar-refractivity contribution in [2.45, 2.75) is 57.2 Å². The Morgan fingerprint density at radius 3 is 2.82 bits per heavy atom. The summed E-state index contributed by atoms with van der Waals surface area (Å²) in [4.78, 5) is 0. The number of aryl methyl sites for hydroxylation is 1. The lowest BCUT2D eigenvalue weighted by Gasteiger charge is -2.49. The lowest BCUT2D eigenvalue weighted by molar-refractivity contribution is -0.0505. The minimum Gasteiger partial charge on any atom is -0.497 e. The summed E-state index contributed by atoms with van der Waals surface area (Å²) in [5.41, 5.74) is 2.82. The summed E-state index contributed by atoms with van der Waals surface area (Å²) in [5, 5.41) is 20.6. The van der Waals surface area contributed by atoms with Crippen LogP contribution in [0, 0.1) is 17.3 Å². The third-order valence-corrected chi connectivity index (χ3v) is 6.91. The standard InChI is InChI=1S/C19H26O3/c1-19-8-7-14-13-6-4-12(22-2)9-11(13)3-5-15(14)16(19)10-17(20)18(19)21/h4,6,9,14-18,20-21H,3,5,7-8,10H2,1-2H3/t14-,15-,16-,17-,18-,19-/m0/s1. The summed E-state index contributed by atoms with van der Waals surface area (Å²) < 4.78 is 5.36. The molecule has 1 aromatic rings. The van der Waals surface area contributed by atoms with Crippen LogP contribution in [0.1, 0.15) is 49.7 Å². The molecule has 4 rings (SSSR count). The fraction of sp³-hybridized carbons (Fsp3) is 0.684. The van der Waals surface area contributed by atoms with Gasteiger partial charge >= 0.3 is 0 Å². The quantitative estimate of drug-likeness (QED) is 0.838. The Hall–Kier alpha value is -1.06. The Labute approximate surface area is 132 Å². The molecule has 3 nitrogen and oxygen atoms in total. The van der Waals surface area contributed by atoms with Crippen molar-refractivity contribution in [2.75, 3.05) is 7.11 Å². The molecule has 0 unspecified atom stereocenters. The van der Waals surface area contributed by atoms with Crippen LogP contribution in [0.3, 0.4) is 0 Å². The molecule has 22 heavy (non-hydrogen) atoms. The molecule has 2 N–H and O–H groups in total. The number of rotatable bonds is 1. The molecule has 0 heterocycles. The van der Waals surface area contributed by atoms with Crippen LogP contribution < -0.4 is 4.74 Å². The summed E-state index contributed by atoms with van der Waals surface area (Å²) >= 11 is 0. The second kappa shape index (κ2) is 4.97. The van der Waals surface area contributed by atoms with Gasteiger partial charge in [0.25, 0.3) is 0 Å². The molecule has 2 saturated carbocycles. The van der Waals surface area contributed by atoms with Crippen molar-refractivity contribution in [3.05, 3.63) is 29.3 Å². The van der Waals surface area contributed by atoms with Crippen LogP contribution in [-0.4, -0.2) is 29.5 Å². The minimum atomic E-state index is -0.546. The molecule has 3 heteroatoms. The van der Waals surface area contributed by atoms with E-state index in [1.54, 1.807) is 7.11 Å². The first-order chi connectivity index (χ1) is 10.5. The van der Waals surface area contributed by atoms with Crippen molar-refractivity contribution < 1.29 is 14.9 Å². The van der Waals surface area contributed by atoms with E-state index in [4.69, 9.17) is 4.74 Å². The molecular formula is C19H26O3. The highest BCUT2D eigenvalue weighted by atomic mass is 16.5. The Kier molecular flexibility index (Phi) is 3.28. The van der Waals surface area contributed by atoms with Crippen molar-refractivity contribution in [3.8, 4) is 5.75 Å². The maximum absolute atomic E-state index is 10.4. The maximum atomic E-state index is 10.4. The van der Waals surface area contributed by atoms with E-state index >= 15 is 0 Å². The zero-order valence-electron chi connectivity index (χ0n) is 13.5. The van der Waals surface area contributed by atoms with Crippen molar-refractivity contribution in [1.82, 2.24) is 0 Å². The summed E-state index contributed by atoms with van der Waals surface area (Å²) in [6, 6.07) is 6.51. The van der Waals surface area contributed by atoms with Gasteiger partial charge in [0.2, 0.25) is 0 Å². The van der Waals surface area contributed by atoms with Crippen molar-refractivity contribution in [3.63, 3.8) is 0 Å². The average Bonchev–Trinajstić information content (AvgIpc) is 2.77. The summed E-state index contributed by atoms with van der Waals surface area (Å²) in [5.74, 6) is 2.59. The van der Waals surface area contributed by atoms with Crippen LogP contribution in [0.25, 0.3) is 0 Å². The van der Waals surface area contributed by atoms with Gasteiger partial charge in [0, 0.05) is 0 Å². The fourth-order valence-electron chi connectivity index (χ4n) is 5.67. The molecule has 0 spiro atoms. The molecule has 0 aliphatic heterocycles. The van der Waals surface area contributed by atoms with Gasteiger partial charge in [-0.05, 0) is 78.5 Å². The average molecular weight is 302 g/mol. The maximum Gasteiger partial charge on any atom is 0.119 e. The van der Waals surface area contributed by atoms with Gasteiger partial charge in [0.15, 0.2) is 0 Å². The van der Waals surface area contributed by atoms with Crippen molar-refractivity contribution in [2.24, 2.45) is 17.3 Å². The van der Waals surface area contributed by atoms with E-state index in [2.05, 4.69) is 25.1 Å². The summed E-state index contributed by atoms with van der Waals surface area (Å²) in [6.07, 6.45) is 4.09. The second-order valence-electron chi connectivity index (χ2n) is 7.77. The summed E-state index contributed by atoms with van der Waals surface area (Å²) in [6.45, 7) is 2.19. The van der Waals surface area contributed by atoms with E-state index in [1.165, 1.54) is 17.5 Å². The number of methoxy groups -OCH3 is 1. The minimum absolute atomic E-state index is 0.0927. The molecule has 0 saturated heterocycles. The number of benzene rings is 1. The number of ether oxygens (including phenoxy) is 1. The Morgan fingerprint density at radius 2 is 2.05 bits per heavy atom. The van der Waals surface area contributed by atoms with Crippen LogP contribution >= 0.6 is 0 Å². The highest BCUT2D eigenvalue weighted by Gasteiger charge is 2.57. The van der Waals surface area contributed by atoms with E-state index in [1.807, 2.05) is 0 Å². The molecule has 3 aliphatic rings. The molecule has 120 valence electrons. The third-order valence-electron chi connectivity index (χ3n) is 6.91. The van der Waals surface area contributed by atoms with Gasteiger partial charge in [0.05, 0.1) is 19.3 Å². The molecule has 3 aliphatic carbocycles. The predicted molar refractivity (Wildman–Crippen MR) is 85.0 cm³/mol. The van der Waals surface area contributed by atoms with E-state index in [0.29, 0.717) is 17.8 Å². The number of fused-ring (bicyclic) bond motifs is 5. The third kappa shape index (κ3) is 1.88. The first kappa shape index (κ1) is 14.5. The predicted octanol–water partition coefficient (Wildman–Crippen LogP) is 2.88. The first-order valence-corrected chi connectivity index (χ1v) is 8.57. The van der Waals surface area contributed by atoms with Gasteiger partial charge in [-0.3, -0.25) is 0 Å². The number of hydrogen-bond acceptors (Lipinski definition) is 3. The molecule has 0 amide bonds. The van der Waals surface area contributed by atoms with E-state index in [-0.39, 0.29) is 5.41 Å². The summed E-state index contributed by atoms with van der Waals surface area (Å²) in [7, 11) is 1.72. The molecule has 0 aromatic heterocycles. The van der Waals surface area contributed by atoms with Crippen LogP contribution in [0.5, 0.6) is 5.75 Å². The van der Waals surface area contributed by atoms with Gasteiger partial charge < -0.3 is 14.9 Å². The van der Waals surface area contributed by atoms with Gasteiger partial charge in [-0.2, -0.15) is 0 Å². The van der Waals surface area contributed by atoms with E-state index in [0.717, 1.165) is 31.4 Å². The first-order valence-electron chi connectivity index (χ1n) is 8.57. The SMILES string of the molecule is COc1ccc2c(c1)CC[C@H]1[C@H]2CC[C@]2(C)[C@@H](O)[C@@H](O)C[C@@H]12. The van der Waals surface area contributed by atoms with Gasteiger partial charge in [0.1, 0.15) is 5.75 Å². The highest BCUT2D eigenvalue weighted by Crippen LogP contribution is 2.60. The van der Waals surface area contributed by atoms with Gasteiger partial charge in [-0.1, -0.05) is 13.0 Å². The molecule has 1 aromatic carbocycles. The van der Waals surface area contributed by atoms with Crippen LogP contribution in [-0.2, 0) is 6.42 Å². The van der Waals surface area contributed by atoms with Crippen molar-refractivity contribution in [1.29, 1.82) is 0 Å². The fourth-order valence-corrected chi connectivity index (χ4v) is 5.67. The smallest absolute Gasteiger partial charge is 0.119 e. The van der Waals surface area contributed by atoms with Crippen molar-refractivity contribution >= 4 is 0 Å². The largest absolute Gasteiger partial charge is 0.497 e. The Balaban J connectivity index is 1.69. The Morgan fingerprint density at radius 1 is 1.23 bits per heavy atom. The molecule has 0 radical (unpaired) electrons. The zero-order valence-corrected chi connectivity index (χ0v) is 13.5. The number of hydrogen-bond donors (Lipinski definition) is 2. The van der Waals surface area contributed by atoms with E-state index < -0.39 is 12.2 Å². The molecule has 6 atom stereocenters. The van der Waals surface area contributed by atoms with Crippen LogP contribution in [0.4, 0.5) is 0 Å². The lowest BCUT2D eigenvalue weighted by atomic mass is 9.55. The molecule has 2 fully saturated rings. The van der Waals surface area contributed by atoms with E-state index in [9.17, 15) is 10.2 Å². The zero-order chi connectivity index (χ0) is 15.5. The van der Waals surface area contributed by atoms with Crippen LogP contribution in [0.15, 0.2) is 18.2 Å². The number of aliphatic hydroxyl groups excluding tert-OH is 2. The number of aliphatic hydroxyl groups is 2. The molecular weight excluding hydrogens is 276 g/mol. The highest BCUT2D eigenvalue weighted by molar-refractivity contribution is 5.40. The molecule has 0 bridgehead atoms. The topological polar surface area (TPSA) is 49.7 Å².